The summed E-state index contributed by atoms with van der Waals surface area (Å²) in [6, 6.07) is 0. The summed E-state index contributed by atoms with van der Waals surface area (Å²) < 4.78 is 19.8. The van der Waals surface area contributed by atoms with Crippen LogP contribution in [-0.4, -0.2) is 134 Å². The summed E-state index contributed by atoms with van der Waals surface area (Å²) in [6.07, 6.45) is -22.0. The number of phosphoric acid groups is 1. The van der Waals surface area contributed by atoms with Crippen LogP contribution in [0.4, 0.5) is 0 Å². The lowest BCUT2D eigenvalue weighted by molar-refractivity contribution is -0.336. The van der Waals surface area contributed by atoms with E-state index in [1.165, 1.54) is 0 Å². The van der Waals surface area contributed by atoms with Crippen molar-refractivity contribution in [2.45, 2.75) is 60.7 Å². The fourth-order valence-electron chi connectivity index (χ4n) is 2.38. The number of carbonyl (C=O) groups excluding carboxylic acids is 1. The SMILES string of the molecule is O=C(OP(=O)(O)O[C@]1(O)[C@H](O)[C@H](O)[C@@H](O)[C@H](O)[C@H]1O)[C@H](O)[C@@H](O)[C@H](O)[C@H](O)CO. The van der Waals surface area contributed by atoms with E-state index in [1.807, 2.05) is 0 Å². The molecule has 172 valence electrons. The van der Waals surface area contributed by atoms with E-state index in [0.717, 1.165) is 0 Å². The van der Waals surface area contributed by atoms with Gasteiger partial charge in [0.1, 0.15) is 48.8 Å². The van der Waals surface area contributed by atoms with Gasteiger partial charge in [0, 0.05) is 0 Å². The van der Waals surface area contributed by atoms with Crippen molar-refractivity contribution in [2.75, 3.05) is 6.61 Å². The second-order valence-corrected chi connectivity index (χ2v) is 7.56. The molecule has 0 bridgehead atoms. The Hall–Kier alpha value is -0.820. The second kappa shape index (κ2) is 9.54. The fourth-order valence-corrected chi connectivity index (χ4v) is 3.34. The van der Waals surface area contributed by atoms with E-state index in [4.69, 9.17) is 10.2 Å². The van der Waals surface area contributed by atoms with Crippen LogP contribution in [0.25, 0.3) is 0 Å². The second-order valence-electron chi connectivity index (χ2n) is 6.26. The Morgan fingerprint density at radius 1 is 0.931 bits per heavy atom. The van der Waals surface area contributed by atoms with Crippen LogP contribution in [0, 0.1) is 0 Å². The third-order valence-corrected chi connectivity index (χ3v) is 5.09. The summed E-state index contributed by atoms with van der Waals surface area (Å²) in [7, 11) is -5.87. The van der Waals surface area contributed by atoms with Crippen molar-refractivity contribution in [3.8, 4) is 0 Å². The van der Waals surface area contributed by atoms with Gasteiger partial charge in [-0.1, -0.05) is 0 Å². The predicted octanol–water partition coefficient (Wildman–Crippen LogP) is -7.41. The molecule has 0 spiro atoms. The third-order valence-electron chi connectivity index (χ3n) is 4.16. The Morgan fingerprint density at radius 2 is 1.38 bits per heavy atom. The average Bonchev–Trinajstić information content (AvgIpc) is 2.66. The van der Waals surface area contributed by atoms with Crippen LogP contribution < -0.4 is 0 Å². The van der Waals surface area contributed by atoms with Gasteiger partial charge in [0.15, 0.2) is 6.10 Å². The zero-order chi connectivity index (χ0) is 22.9. The Morgan fingerprint density at radius 3 is 1.79 bits per heavy atom. The first-order chi connectivity index (χ1) is 13.1. The molecule has 1 aliphatic carbocycles. The minimum atomic E-state index is -5.87. The molecule has 16 nitrogen and oxygen atoms in total. The minimum Gasteiger partial charge on any atom is -0.394 e. The van der Waals surface area contributed by atoms with E-state index in [0.29, 0.717) is 0 Å². The van der Waals surface area contributed by atoms with Crippen molar-refractivity contribution in [1.29, 1.82) is 0 Å². The van der Waals surface area contributed by atoms with Gasteiger partial charge in [-0.2, -0.15) is 0 Å². The van der Waals surface area contributed by atoms with E-state index in [-0.39, 0.29) is 0 Å². The quantitative estimate of drug-likeness (QED) is 0.120. The summed E-state index contributed by atoms with van der Waals surface area (Å²) in [6.45, 7) is -1.10. The van der Waals surface area contributed by atoms with Gasteiger partial charge in [-0.3, -0.25) is 4.89 Å². The number of hydrogen-bond donors (Lipinski definition) is 12. The van der Waals surface area contributed by atoms with Crippen LogP contribution >= 0.6 is 7.82 Å². The van der Waals surface area contributed by atoms with Crippen molar-refractivity contribution in [3.63, 3.8) is 0 Å². The predicted molar refractivity (Wildman–Crippen MR) is 83.1 cm³/mol. The highest BCUT2D eigenvalue weighted by atomic mass is 31.2. The van der Waals surface area contributed by atoms with Gasteiger partial charge >= 0.3 is 13.8 Å². The van der Waals surface area contributed by atoms with Crippen LogP contribution in [-0.2, 0) is 18.4 Å². The van der Waals surface area contributed by atoms with Gasteiger partial charge in [-0.05, 0) is 0 Å². The zero-order valence-corrected chi connectivity index (χ0v) is 15.2. The van der Waals surface area contributed by atoms with Gasteiger partial charge in [0.05, 0.1) is 6.61 Å². The molecule has 29 heavy (non-hydrogen) atoms. The molecule has 0 aromatic carbocycles. The number of rotatable bonds is 8. The minimum absolute atomic E-state index is 1.10. The lowest BCUT2D eigenvalue weighted by Gasteiger charge is -2.46. The zero-order valence-electron chi connectivity index (χ0n) is 14.4. The molecule has 12 N–H and O–H groups in total. The molecule has 1 unspecified atom stereocenters. The van der Waals surface area contributed by atoms with Crippen LogP contribution in [0.5, 0.6) is 0 Å². The van der Waals surface area contributed by atoms with Gasteiger partial charge in [0.2, 0.25) is 5.79 Å². The van der Waals surface area contributed by atoms with E-state index in [2.05, 4.69) is 9.05 Å². The maximum absolute atomic E-state index is 11.9. The van der Waals surface area contributed by atoms with Gasteiger partial charge in [-0.15, -0.1) is 0 Å². The first kappa shape index (κ1) is 26.2. The molecule has 0 aromatic heterocycles. The maximum atomic E-state index is 11.9. The molecule has 1 rings (SSSR count). The molecular weight excluding hydrogens is 431 g/mol. The van der Waals surface area contributed by atoms with Crippen molar-refractivity contribution >= 4 is 13.8 Å². The molecule has 17 heteroatoms. The van der Waals surface area contributed by atoms with Crippen molar-refractivity contribution in [1.82, 2.24) is 0 Å². The molecule has 1 saturated carbocycles. The van der Waals surface area contributed by atoms with Crippen molar-refractivity contribution in [2.24, 2.45) is 0 Å². The van der Waals surface area contributed by atoms with E-state index >= 15 is 0 Å². The molecule has 0 aliphatic heterocycles. The van der Waals surface area contributed by atoms with Gasteiger partial charge in [0.25, 0.3) is 0 Å². The normalized spacial score (nSPS) is 39.1. The molecule has 1 aliphatic rings. The number of phosphoric ester groups is 1. The van der Waals surface area contributed by atoms with Crippen LogP contribution in [0.15, 0.2) is 0 Å². The summed E-state index contributed by atoms with van der Waals surface area (Å²) in [4.78, 5) is 21.2. The molecule has 0 radical (unpaired) electrons. The molecule has 1 fully saturated rings. The monoisotopic (exact) mass is 454 g/mol. The van der Waals surface area contributed by atoms with Gasteiger partial charge in [-0.25, -0.2) is 13.9 Å². The third kappa shape index (κ3) is 5.46. The number of aliphatic hydroxyl groups excluding tert-OH is 10. The number of hydrogen-bond acceptors (Lipinski definition) is 15. The fraction of sp³-hybridized carbons (Fsp3) is 0.917. The van der Waals surface area contributed by atoms with Gasteiger partial charge < -0.3 is 60.7 Å². The van der Waals surface area contributed by atoms with E-state index in [1.54, 1.807) is 0 Å². The first-order valence-electron chi connectivity index (χ1n) is 7.83. The first-order valence-corrected chi connectivity index (χ1v) is 9.33. The van der Waals surface area contributed by atoms with Crippen molar-refractivity contribution < 1.29 is 79.5 Å². The number of aliphatic hydroxyl groups is 11. The highest BCUT2D eigenvalue weighted by Crippen LogP contribution is 2.50. The standard InChI is InChI=1S/C12H23O16P/c13-1-2(14)3(15)4(16)8(20)11(23)27-29(25,26)28-12(24)9(21)6(18)5(17)7(19)10(12)22/h2-10,13-22,24H,1H2,(H,25,26)/t2-,3-,4+,5-,6-,7+,8-,9-,10-,12-/m1/s1. The highest BCUT2D eigenvalue weighted by molar-refractivity contribution is 7.48. The maximum Gasteiger partial charge on any atom is 0.532 e. The smallest absolute Gasteiger partial charge is 0.394 e. The Labute approximate surface area is 161 Å². The summed E-state index contributed by atoms with van der Waals surface area (Å²) in [5, 5.41) is 104. The molecule has 0 saturated heterocycles. The lowest BCUT2D eigenvalue weighted by Crippen LogP contribution is -2.71. The molecular formula is C12H23O16P. The summed E-state index contributed by atoms with van der Waals surface area (Å²) >= 11 is 0. The van der Waals surface area contributed by atoms with Crippen LogP contribution in [0.1, 0.15) is 0 Å². The van der Waals surface area contributed by atoms with Crippen LogP contribution in [0.3, 0.4) is 0 Å². The number of carbonyl (C=O) groups is 1. The Kier molecular flexibility index (Phi) is 8.63. The largest absolute Gasteiger partial charge is 0.532 e. The van der Waals surface area contributed by atoms with E-state index < -0.39 is 81.1 Å². The van der Waals surface area contributed by atoms with E-state index in [9.17, 15) is 60.2 Å². The van der Waals surface area contributed by atoms with Crippen molar-refractivity contribution in [3.05, 3.63) is 0 Å². The highest BCUT2D eigenvalue weighted by Gasteiger charge is 2.62. The summed E-state index contributed by atoms with van der Waals surface area (Å²) in [5.41, 5.74) is 0. The Balaban J connectivity index is 2.94. The molecule has 0 aromatic rings. The topological polar surface area (TPSA) is 295 Å². The molecule has 0 amide bonds. The molecule has 0 heterocycles. The summed E-state index contributed by atoms with van der Waals surface area (Å²) in [5.74, 6) is -5.81. The molecule has 11 atom stereocenters. The average molecular weight is 454 g/mol. The Bertz CT molecular complexity index is 599. The lowest BCUT2D eigenvalue weighted by atomic mass is 9.82. The van der Waals surface area contributed by atoms with Crippen LogP contribution in [0.2, 0.25) is 0 Å².